The summed E-state index contributed by atoms with van der Waals surface area (Å²) in [7, 11) is 1.67. The number of rotatable bonds is 3. The molecule has 0 bridgehead atoms. The van der Waals surface area contributed by atoms with Crippen molar-refractivity contribution < 1.29 is 9.53 Å². The Morgan fingerprint density at radius 3 is 2.75 bits per heavy atom. The smallest absolute Gasteiger partial charge is 0.254 e. The zero-order valence-electron chi connectivity index (χ0n) is 14.5. The SMILES string of the molecule is COc1ccccc1C1CNCCN1C(=O)c1ccc(C)cc1C. The first-order valence-electron chi connectivity index (χ1n) is 8.33. The third kappa shape index (κ3) is 3.15. The van der Waals surface area contributed by atoms with Gasteiger partial charge in [-0.15, -0.1) is 0 Å². The lowest BCUT2D eigenvalue weighted by Gasteiger charge is -2.37. The number of para-hydroxylation sites is 1. The maximum absolute atomic E-state index is 13.2. The molecule has 24 heavy (non-hydrogen) atoms. The van der Waals surface area contributed by atoms with E-state index in [1.807, 2.05) is 55.1 Å². The molecule has 0 saturated carbocycles. The predicted octanol–water partition coefficient (Wildman–Crippen LogP) is 3.10. The fourth-order valence-corrected chi connectivity index (χ4v) is 3.38. The molecule has 1 fully saturated rings. The van der Waals surface area contributed by atoms with Crippen molar-refractivity contribution >= 4 is 5.91 Å². The molecule has 0 aromatic heterocycles. The summed E-state index contributed by atoms with van der Waals surface area (Å²) in [4.78, 5) is 15.1. The topological polar surface area (TPSA) is 41.6 Å². The van der Waals surface area contributed by atoms with Crippen LogP contribution in [0.3, 0.4) is 0 Å². The quantitative estimate of drug-likeness (QED) is 0.943. The normalized spacial score (nSPS) is 17.6. The maximum atomic E-state index is 13.2. The van der Waals surface area contributed by atoms with Crippen LogP contribution >= 0.6 is 0 Å². The molecule has 1 saturated heterocycles. The Morgan fingerprint density at radius 2 is 2.00 bits per heavy atom. The van der Waals surface area contributed by atoms with E-state index in [1.54, 1.807) is 7.11 Å². The summed E-state index contributed by atoms with van der Waals surface area (Å²) in [6, 6.07) is 13.9. The number of nitrogens with zero attached hydrogens (tertiary/aromatic N) is 1. The van der Waals surface area contributed by atoms with Gasteiger partial charge in [0.1, 0.15) is 5.75 Å². The highest BCUT2D eigenvalue weighted by atomic mass is 16.5. The number of aryl methyl sites for hydroxylation is 2. The van der Waals surface area contributed by atoms with Crippen molar-refractivity contribution in [2.24, 2.45) is 0 Å². The Labute approximate surface area is 143 Å². The number of nitrogens with one attached hydrogen (secondary N) is 1. The second kappa shape index (κ2) is 7.05. The Hall–Kier alpha value is -2.33. The monoisotopic (exact) mass is 324 g/mol. The number of piperazine rings is 1. The van der Waals surface area contributed by atoms with Gasteiger partial charge < -0.3 is 15.0 Å². The van der Waals surface area contributed by atoms with E-state index in [-0.39, 0.29) is 11.9 Å². The Morgan fingerprint density at radius 1 is 1.21 bits per heavy atom. The summed E-state index contributed by atoms with van der Waals surface area (Å²) in [5, 5.41) is 3.40. The second-order valence-corrected chi connectivity index (χ2v) is 6.28. The number of hydrogen-bond acceptors (Lipinski definition) is 3. The van der Waals surface area contributed by atoms with Crippen LogP contribution in [0.15, 0.2) is 42.5 Å². The molecule has 4 heteroatoms. The number of hydrogen-bond donors (Lipinski definition) is 1. The van der Waals surface area contributed by atoms with Gasteiger partial charge in [-0.2, -0.15) is 0 Å². The van der Waals surface area contributed by atoms with Crippen molar-refractivity contribution in [3.05, 3.63) is 64.7 Å². The molecule has 1 amide bonds. The fourth-order valence-electron chi connectivity index (χ4n) is 3.38. The molecule has 1 heterocycles. The minimum Gasteiger partial charge on any atom is -0.496 e. The zero-order chi connectivity index (χ0) is 17.1. The van der Waals surface area contributed by atoms with Crippen LogP contribution in [-0.2, 0) is 0 Å². The summed E-state index contributed by atoms with van der Waals surface area (Å²) in [5.74, 6) is 0.912. The molecular weight excluding hydrogens is 300 g/mol. The number of carbonyl (C=O) groups excluding carboxylic acids is 1. The van der Waals surface area contributed by atoms with E-state index in [1.165, 1.54) is 5.56 Å². The Balaban J connectivity index is 1.96. The van der Waals surface area contributed by atoms with Gasteiger partial charge >= 0.3 is 0 Å². The molecule has 2 aromatic carbocycles. The molecular formula is C20H24N2O2. The van der Waals surface area contributed by atoms with Gasteiger partial charge in [0.25, 0.3) is 5.91 Å². The van der Waals surface area contributed by atoms with Gasteiger partial charge in [0.15, 0.2) is 0 Å². The molecule has 4 nitrogen and oxygen atoms in total. The molecule has 2 aromatic rings. The van der Waals surface area contributed by atoms with E-state index in [9.17, 15) is 4.79 Å². The van der Waals surface area contributed by atoms with Crippen LogP contribution in [0, 0.1) is 13.8 Å². The molecule has 3 rings (SSSR count). The summed E-state index contributed by atoms with van der Waals surface area (Å²) in [6.07, 6.45) is 0. The van der Waals surface area contributed by atoms with Gasteiger partial charge in [-0.3, -0.25) is 4.79 Å². The van der Waals surface area contributed by atoms with Crippen LogP contribution in [-0.4, -0.2) is 37.6 Å². The fraction of sp³-hybridized carbons (Fsp3) is 0.350. The van der Waals surface area contributed by atoms with Crippen LogP contribution in [0.5, 0.6) is 5.75 Å². The van der Waals surface area contributed by atoms with Gasteiger partial charge in [0.2, 0.25) is 0 Å². The van der Waals surface area contributed by atoms with Crippen molar-refractivity contribution in [2.75, 3.05) is 26.7 Å². The van der Waals surface area contributed by atoms with Crippen LogP contribution in [0.1, 0.15) is 33.1 Å². The molecule has 126 valence electrons. The predicted molar refractivity (Wildman–Crippen MR) is 95.6 cm³/mol. The van der Waals surface area contributed by atoms with Crippen molar-refractivity contribution in [2.45, 2.75) is 19.9 Å². The van der Waals surface area contributed by atoms with Gasteiger partial charge in [-0.1, -0.05) is 35.9 Å². The average Bonchev–Trinajstić information content (AvgIpc) is 2.61. The van der Waals surface area contributed by atoms with E-state index in [0.29, 0.717) is 6.54 Å². The molecule has 0 aliphatic carbocycles. The van der Waals surface area contributed by atoms with Crippen LogP contribution in [0.25, 0.3) is 0 Å². The van der Waals surface area contributed by atoms with Crippen LogP contribution < -0.4 is 10.1 Å². The number of carbonyl (C=O) groups is 1. The number of methoxy groups -OCH3 is 1. The molecule has 0 radical (unpaired) electrons. The molecule has 1 aliphatic rings. The Bertz CT molecular complexity index is 742. The summed E-state index contributed by atoms with van der Waals surface area (Å²) < 4.78 is 5.51. The largest absolute Gasteiger partial charge is 0.496 e. The molecule has 1 N–H and O–H groups in total. The van der Waals surface area contributed by atoms with Gasteiger partial charge in [-0.25, -0.2) is 0 Å². The first-order chi connectivity index (χ1) is 11.6. The van der Waals surface area contributed by atoms with Crippen LogP contribution in [0.4, 0.5) is 0 Å². The third-order valence-corrected chi connectivity index (χ3v) is 4.61. The van der Waals surface area contributed by atoms with Crippen molar-refractivity contribution in [1.29, 1.82) is 0 Å². The lowest BCUT2D eigenvalue weighted by Crippen LogP contribution is -2.48. The number of ether oxygens (including phenoxy) is 1. The lowest BCUT2D eigenvalue weighted by atomic mass is 9.99. The first-order valence-corrected chi connectivity index (χ1v) is 8.33. The van der Waals surface area contributed by atoms with E-state index < -0.39 is 0 Å². The van der Waals surface area contributed by atoms with Gasteiger partial charge in [0.05, 0.1) is 13.2 Å². The average molecular weight is 324 g/mol. The highest BCUT2D eigenvalue weighted by Crippen LogP contribution is 2.31. The maximum Gasteiger partial charge on any atom is 0.254 e. The van der Waals surface area contributed by atoms with E-state index in [4.69, 9.17) is 4.74 Å². The minimum atomic E-state index is -0.0249. The third-order valence-electron chi connectivity index (χ3n) is 4.61. The first kappa shape index (κ1) is 16.5. The van der Waals surface area contributed by atoms with Crippen molar-refractivity contribution in [1.82, 2.24) is 10.2 Å². The molecule has 1 unspecified atom stereocenters. The molecule has 1 atom stereocenters. The van der Waals surface area contributed by atoms with Gasteiger partial charge in [-0.05, 0) is 31.5 Å². The summed E-state index contributed by atoms with van der Waals surface area (Å²) >= 11 is 0. The van der Waals surface area contributed by atoms with Crippen molar-refractivity contribution in [3.63, 3.8) is 0 Å². The minimum absolute atomic E-state index is 0.0249. The van der Waals surface area contributed by atoms with Crippen LogP contribution in [0.2, 0.25) is 0 Å². The van der Waals surface area contributed by atoms with Crippen molar-refractivity contribution in [3.8, 4) is 5.75 Å². The van der Waals surface area contributed by atoms with E-state index in [2.05, 4.69) is 11.4 Å². The summed E-state index contributed by atoms with van der Waals surface area (Å²) in [5.41, 5.74) is 4.02. The van der Waals surface area contributed by atoms with E-state index >= 15 is 0 Å². The number of amides is 1. The highest BCUT2D eigenvalue weighted by Gasteiger charge is 2.30. The lowest BCUT2D eigenvalue weighted by molar-refractivity contribution is 0.0631. The van der Waals surface area contributed by atoms with Gasteiger partial charge in [0, 0.05) is 30.8 Å². The highest BCUT2D eigenvalue weighted by molar-refractivity contribution is 5.96. The summed E-state index contributed by atoms with van der Waals surface area (Å²) in [6.45, 7) is 6.28. The Kier molecular flexibility index (Phi) is 4.86. The second-order valence-electron chi connectivity index (χ2n) is 6.28. The number of benzene rings is 2. The zero-order valence-corrected chi connectivity index (χ0v) is 14.5. The molecule has 0 spiro atoms. The van der Waals surface area contributed by atoms with E-state index in [0.717, 1.165) is 35.5 Å². The standard InChI is InChI=1S/C20H24N2O2/c1-14-8-9-16(15(2)12-14)20(23)22-11-10-21-13-18(22)17-6-4-5-7-19(17)24-3/h4-9,12,18,21H,10-11,13H2,1-3H3. The molecule has 1 aliphatic heterocycles.